The highest BCUT2D eigenvalue weighted by atomic mass is 32.2. The van der Waals surface area contributed by atoms with Crippen molar-refractivity contribution in [2.45, 2.75) is 45.2 Å². The first-order valence-electron chi connectivity index (χ1n) is 8.67. The average molecular weight is 382 g/mol. The SMILES string of the molecule is CCN(CC)S(=O)(=O)c1ccc2c(c1)nnn2CCNC(=O)NC(C)C. The molecule has 0 aliphatic carbocycles. The maximum Gasteiger partial charge on any atom is 0.315 e. The molecule has 0 saturated heterocycles. The van der Waals surface area contributed by atoms with E-state index in [0.717, 1.165) is 5.52 Å². The maximum absolute atomic E-state index is 12.6. The van der Waals surface area contributed by atoms with Crippen LogP contribution in [0.3, 0.4) is 0 Å². The first kappa shape index (κ1) is 20.1. The second-order valence-electron chi connectivity index (χ2n) is 6.11. The third kappa shape index (κ3) is 4.50. The molecule has 2 aromatic rings. The van der Waals surface area contributed by atoms with E-state index in [-0.39, 0.29) is 17.0 Å². The highest BCUT2D eigenvalue weighted by Gasteiger charge is 2.22. The number of urea groups is 1. The number of sulfonamides is 1. The summed E-state index contributed by atoms with van der Waals surface area (Å²) in [5.41, 5.74) is 1.22. The molecule has 0 aliphatic heterocycles. The Labute approximate surface area is 153 Å². The zero-order valence-electron chi connectivity index (χ0n) is 15.6. The second kappa shape index (κ2) is 8.45. The predicted octanol–water partition coefficient (Wildman–Crippen LogP) is 1.17. The smallest absolute Gasteiger partial charge is 0.315 e. The molecular weight excluding hydrogens is 356 g/mol. The van der Waals surface area contributed by atoms with Crippen molar-refractivity contribution in [1.82, 2.24) is 29.9 Å². The number of hydrogen-bond donors (Lipinski definition) is 2. The van der Waals surface area contributed by atoms with Crippen LogP contribution >= 0.6 is 0 Å². The molecule has 0 bridgehead atoms. The van der Waals surface area contributed by atoms with Gasteiger partial charge in [0.05, 0.1) is 17.0 Å². The summed E-state index contributed by atoms with van der Waals surface area (Å²) in [7, 11) is -3.53. The van der Waals surface area contributed by atoms with Gasteiger partial charge in [0.2, 0.25) is 10.0 Å². The summed E-state index contributed by atoms with van der Waals surface area (Å²) in [4.78, 5) is 11.8. The molecule has 9 nitrogen and oxygen atoms in total. The molecule has 0 saturated carbocycles. The first-order valence-corrected chi connectivity index (χ1v) is 10.1. The van der Waals surface area contributed by atoms with Gasteiger partial charge in [-0.1, -0.05) is 19.1 Å². The van der Waals surface area contributed by atoms with E-state index >= 15 is 0 Å². The molecule has 0 spiro atoms. The van der Waals surface area contributed by atoms with Crippen LogP contribution in [0, 0.1) is 0 Å². The van der Waals surface area contributed by atoms with Crippen molar-refractivity contribution >= 4 is 27.1 Å². The molecule has 26 heavy (non-hydrogen) atoms. The van der Waals surface area contributed by atoms with Gasteiger partial charge in [0.25, 0.3) is 0 Å². The average Bonchev–Trinajstić information content (AvgIpc) is 2.97. The van der Waals surface area contributed by atoms with Crippen molar-refractivity contribution in [3.05, 3.63) is 18.2 Å². The van der Waals surface area contributed by atoms with Crippen LogP contribution in [-0.2, 0) is 16.6 Å². The molecule has 2 rings (SSSR count). The number of hydrogen-bond acceptors (Lipinski definition) is 5. The summed E-state index contributed by atoms with van der Waals surface area (Å²) in [5.74, 6) is 0. The minimum Gasteiger partial charge on any atom is -0.336 e. The molecule has 144 valence electrons. The number of nitrogens with zero attached hydrogens (tertiary/aromatic N) is 4. The Morgan fingerprint density at radius 2 is 1.96 bits per heavy atom. The van der Waals surface area contributed by atoms with Crippen molar-refractivity contribution < 1.29 is 13.2 Å². The van der Waals surface area contributed by atoms with Crippen molar-refractivity contribution in [3.63, 3.8) is 0 Å². The number of amides is 2. The van der Waals surface area contributed by atoms with Gasteiger partial charge in [0, 0.05) is 25.7 Å². The summed E-state index contributed by atoms with van der Waals surface area (Å²) in [6.07, 6.45) is 0. The topological polar surface area (TPSA) is 109 Å². The third-order valence-electron chi connectivity index (χ3n) is 3.86. The Kier molecular flexibility index (Phi) is 6.54. The summed E-state index contributed by atoms with van der Waals surface area (Å²) in [6.45, 7) is 9.02. The van der Waals surface area contributed by atoms with Crippen molar-refractivity contribution in [2.24, 2.45) is 0 Å². The highest BCUT2D eigenvalue weighted by Crippen LogP contribution is 2.20. The lowest BCUT2D eigenvalue weighted by Gasteiger charge is -2.18. The highest BCUT2D eigenvalue weighted by molar-refractivity contribution is 7.89. The van der Waals surface area contributed by atoms with E-state index in [1.807, 2.05) is 13.8 Å². The minimum atomic E-state index is -3.53. The summed E-state index contributed by atoms with van der Waals surface area (Å²) >= 11 is 0. The van der Waals surface area contributed by atoms with Crippen LogP contribution < -0.4 is 10.6 Å². The quantitative estimate of drug-likeness (QED) is 0.712. The Bertz CT molecular complexity index is 858. The van der Waals surface area contributed by atoms with Crippen LogP contribution in [0.25, 0.3) is 11.0 Å². The van der Waals surface area contributed by atoms with Crippen molar-refractivity contribution in [1.29, 1.82) is 0 Å². The van der Waals surface area contributed by atoms with E-state index in [9.17, 15) is 13.2 Å². The normalized spacial score (nSPS) is 12.1. The van der Waals surface area contributed by atoms with E-state index < -0.39 is 10.0 Å². The Morgan fingerprint density at radius 3 is 2.58 bits per heavy atom. The van der Waals surface area contributed by atoms with E-state index in [2.05, 4.69) is 20.9 Å². The van der Waals surface area contributed by atoms with Gasteiger partial charge in [-0.15, -0.1) is 5.10 Å². The first-order chi connectivity index (χ1) is 12.3. The molecule has 0 radical (unpaired) electrons. The van der Waals surface area contributed by atoms with Crippen LogP contribution in [0.15, 0.2) is 23.1 Å². The van der Waals surface area contributed by atoms with Gasteiger partial charge in [0.15, 0.2) is 0 Å². The Balaban J connectivity index is 2.13. The monoisotopic (exact) mass is 382 g/mol. The zero-order chi connectivity index (χ0) is 19.3. The van der Waals surface area contributed by atoms with Gasteiger partial charge in [0.1, 0.15) is 5.52 Å². The molecule has 0 fully saturated rings. The number of carbonyl (C=O) groups is 1. The number of nitrogens with one attached hydrogen (secondary N) is 2. The van der Waals surface area contributed by atoms with Crippen LogP contribution in [0.1, 0.15) is 27.7 Å². The number of aromatic nitrogens is 3. The fraction of sp³-hybridized carbons (Fsp3) is 0.562. The van der Waals surface area contributed by atoms with Crippen LogP contribution in [0.5, 0.6) is 0 Å². The van der Waals surface area contributed by atoms with Crippen LogP contribution in [0.2, 0.25) is 0 Å². The molecular formula is C16H26N6O3S. The lowest BCUT2D eigenvalue weighted by atomic mass is 10.3. The molecule has 10 heteroatoms. The number of fused-ring (bicyclic) bond motifs is 1. The Morgan fingerprint density at radius 1 is 1.27 bits per heavy atom. The summed E-state index contributed by atoms with van der Waals surface area (Å²) in [5, 5.41) is 13.6. The van der Waals surface area contributed by atoms with Crippen LogP contribution in [0.4, 0.5) is 4.79 Å². The maximum atomic E-state index is 12.6. The van der Waals surface area contributed by atoms with Gasteiger partial charge in [-0.2, -0.15) is 4.31 Å². The van der Waals surface area contributed by atoms with E-state index in [0.29, 0.717) is 31.7 Å². The molecule has 2 N–H and O–H groups in total. The molecule has 2 amide bonds. The summed E-state index contributed by atoms with van der Waals surface area (Å²) < 4.78 is 28.2. The standard InChI is InChI=1S/C16H26N6O3S/c1-5-21(6-2)26(24,25)13-7-8-15-14(11-13)19-20-22(15)10-9-17-16(23)18-12(3)4/h7-8,11-12H,5-6,9-10H2,1-4H3,(H2,17,18,23). The Hall–Kier alpha value is -2.20. The molecule has 0 atom stereocenters. The zero-order valence-corrected chi connectivity index (χ0v) is 16.4. The van der Waals surface area contributed by atoms with E-state index in [4.69, 9.17) is 0 Å². The molecule has 0 unspecified atom stereocenters. The molecule has 1 aromatic heterocycles. The van der Waals surface area contributed by atoms with Gasteiger partial charge in [-0.3, -0.25) is 0 Å². The molecule has 1 aromatic carbocycles. The molecule has 0 aliphatic rings. The number of rotatable bonds is 8. The largest absolute Gasteiger partial charge is 0.336 e. The van der Waals surface area contributed by atoms with E-state index in [1.165, 1.54) is 10.4 Å². The van der Waals surface area contributed by atoms with Gasteiger partial charge in [-0.25, -0.2) is 17.9 Å². The fourth-order valence-electron chi connectivity index (χ4n) is 2.58. The fourth-order valence-corrected chi connectivity index (χ4v) is 4.06. The van der Waals surface area contributed by atoms with Crippen molar-refractivity contribution in [3.8, 4) is 0 Å². The minimum absolute atomic E-state index is 0.0633. The molecule has 1 heterocycles. The number of carbonyl (C=O) groups excluding carboxylic acids is 1. The van der Waals surface area contributed by atoms with Gasteiger partial charge in [-0.05, 0) is 32.0 Å². The second-order valence-corrected chi connectivity index (χ2v) is 8.05. The third-order valence-corrected chi connectivity index (χ3v) is 5.90. The van der Waals surface area contributed by atoms with Crippen molar-refractivity contribution in [2.75, 3.05) is 19.6 Å². The predicted molar refractivity (Wildman–Crippen MR) is 99.3 cm³/mol. The number of benzene rings is 1. The van der Waals surface area contributed by atoms with Gasteiger partial charge < -0.3 is 10.6 Å². The van der Waals surface area contributed by atoms with Crippen LogP contribution in [-0.4, -0.2) is 59.4 Å². The lowest BCUT2D eigenvalue weighted by Crippen LogP contribution is -2.40. The van der Waals surface area contributed by atoms with E-state index in [1.54, 1.807) is 30.7 Å². The van der Waals surface area contributed by atoms with Gasteiger partial charge >= 0.3 is 6.03 Å². The summed E-state index contributed by atoms with van der Waals surface area (Å²) in [6, 6.07) is 4.62. The lowest BCUT2D eigenvalue weighted by molar-refractivity contribution is 0.238.